The molecule has 13 heteroatoms. The quantitative estimate of drug-likeness (QED) is 0.251. The summed E-state index contributed by atoms with van der Waals surface area (Å²) in [6, 6.07) is 0. The first-order valence-electron chi connectivity index (χ1n) is 6.65. The van der Waals surface area contributed by atoms with Crippen LogP contribution in [0.25, 0.3) is 0 Å². The van der Waals surface area contributed by atoms with Crippen LogP contribution in [0, 0.1) is 0 Å². The zero-order valence-electron chi connectivity index (χ0n) is 12.1. The van der Waals surface area contributed by atoms with Gasteiger partial charge >= 0.3 is 22.8 Å². The van der Waals surface area contributed by atoms with E-state index in [9.17, 15) is 13.7 Å². The van der Waals surface area contributed by atoms with Crippen LogP contribution in [0.1, 0.15) is 19.3 Å². The second-order valence-electron chi connectivity index (χ2n) is 5.07. The van der Waals surface area contributed by atoms with Crippen molar-refractivity contribution in [2.45, 2.75) is 19.3 Å². The van der Waals surface area contributed by atoms with Gasteiger partial charge in [-0.15, -0.1) is 0 Å². The third-order valence-electron chi connectivity index (χ3n) is 2.77. The van der Waals surface area contributed by atoms with Crippen molar-refractivity contribution >= 4 is 22.8 Å². The summed E-state index contributed by atoms with van der Waals surface area (Å²) in [5, 5.41) is 0. The molecule has 10 nitrogen and oxygen atoms in total. The highest BCUT2D eigenvalue weighted by atomic mass is 31.2. The molecule has 0 saturated heterocycles. The summed E-state index contributed by atoms with van der Waals surface area (Å²) in [6.45, 7) is 0.855. The van der Waals surface area contributed by atoms with E-state index in [-0.39, 0.29) is 57.4 Å². The van der Waals surface area contributed by atoms with Crippen molar-refractivity contribution in [2.75, 3.05) is 38.1 Å². The summed E-state index contributed by atoms with van der Waals surface area (Å²) in [5.41, 5.74) is 0. The zero-order valence-corrected chi connectivity index (χ0v) is 14.7. The molecule has 0 heterocycles. The van der Waals surface area contributed by atoms with E-state index in [4.69, 9.17) is 29.4 Å². The van der Waals surface area contributed by atoms with Gasteiger partial charge in [0.2, 0.25) is 0 Å². The highest BCUT2D eigenvalue weighted by molar-refractivity contribution is 7.52. The van der Waals surface area contributed by atoms with Gasteiger partial charge in [-0.2, -0.15) is 0 Å². The molecule has 0 aromatic heterocycles. The van der Waals surface area contributed by atoms with Crippen LogP contribution in [0.5, 0.6) is 0 Å². The lowest BCUT2D eigenvalue weighted by Crippen LogP contribution is -2.29. The minimum Gasteiger partial charge on any atom is -0.324 e. The number of rotatable bonds is 12. The Morgan fingerprint density at radius 3 is 0.955 bits per heavy atom. The van der Waals surface area contributed by atoms with E-state index in [0.717, 1.165) is 0 Å². The SMILES string of the molecule is O=P(O)(O)CCCN(CCCP(=O)(O)O)CCCP(=O)(O)O. The number of hydrogen-bond donors (Lipinski definition) is 6. The molecule has 22 heavy (non-hydrogen) atoms. The number of hydrogen-bond acceptors (Lipinski definition) is 4. The Hall–Kier alpha value is 0.410. The van der Waals surface area contributed by atoms with Gasteiger partial charge < -0.3 is 34.3 Å². The molecule has 0 bridgehead atoms. The van der Waals surface area contributed by atoms with Gasteiger partial charge in [-0.25, -0.2) is 0 Å². The fourth-order valence-corrected chi connectivity index (χ4v) is 3.50. The van der Waals surface area contributed by atoms with Gasteiger partial charge in [0.25, 0.3) is 0 Å². The lowest BCUT2D eigenvalue weighted by molar-refractivity contribution is 0.268. The highest BCUT2D eigenvalue weighted by Gasteiger charge is 2.17. The Bertz CT molecular complexity index is 387. The van der Waals surface area contributed by atoms with Crippen LogP contribution in [0.2, 0.25) is 0 Å². The van der Waals surface area contributed by atoms with Crippen molar-refractivity contribution in [1.29, 1.82) is 0 Å². The van der Waals surface area contributed by atoms with Crippen LogP contribution < -0.4 is 0 Å². The molecule has 6 N–H and O–H groups in total. The van der Waals surface area contributed by atoms with Crippen LogP contribution in [-0.2, 0) is 13.7 Å². The van der Waals surface area contributed by atoms with E-state index in [1.54, 1.807) is 4.90 Å². The van der Waals surface area contributed by atoms with Crippen LogP contribution in [0.15, 0.2) is 0 Å². The molecule has 0 spiro atoms. The Kier molecular flexibility index (Phi) is 9.82. The van der Waals surface area contributed by atoms with Gasteiger partial charge in [0.15, 0.2) is 0 Å². The molecule has 0 unspecified atom stereocenters. The fraction of sp³-hybridized carbons (Fsp3) is 1.00. The van der Waals surface area contributed by atoms with Gasteiger partial charge in [-0.3, -0.25) is 13.7 Å². The summed E-state index contributed by atoms with van der Waals surface area (Å²) in [7, 11) is -12.3. The van der Waals surface area contributed by atoms with Crippen molar-refractivity contribution in [3.8, 4) is 0 Å². The van der Waals surface area contributed by atoms with Crippen LogP contribution in [0.4, 0.5) is 0 Å². The normalized spacial score (nSPS) is 13.8. The van der Waals surface area contributed by atoms with E-state index in [1.807, 2.05) is 0 Å². The maximum atomic E-state index is 10.8. The van der Waals surface area contributed by atoms with Gasteiger partial charge in [-0.05, 0) is 38.9 Å². The number of nitrogens with zero attached hydrogens (tertiary/aromatic N) is 1. The molecule has 0 amide bonds. The summed E-state index contributed by atoms with van der Waals surface area (Å²) in [4.78, 5) is 54.4. The molecule has 0 rings (SSSR count). The van der Waals surface area contributed by atoms with Crippen molar-refractivity contribution < 1.29 is 43.1 Å². The van der Waals surface area contributed by atoms with Crippen molar-refractivity contribution in [2.24, 2.45) is 0 Å². The maximum Gasteiger partial charge on any atom is 0.325 e. The van der Waals surface area contributed by atoms with Gasteiger partial charge in [0, 0.05) is 0 Å². The Morgan fingerprint density at radius 2 is 0.773 bits per heavy atom. The Morgan fingerprint density at radius 1 is 0.545 bits per heavy atom. The molecule has 134 valence electrons. The minimum absolute atomic E-state index is 0.191. The third kappa shape index (κ3) is 16.8. The van der Waals surface area contributed by atoms with E-state index in [1.165, 1.54) is 0 Å². The minimum atomic E-state index is -4.10. The monoisotopic (exact) mass is 383 g/mol. The lowest BCUT2D eigenvalue weighted by atomic mass is 10.3. The zero-order chi connectivity index (χ0) is 17.4. The summed E-state index contributed by atoms with van der Waals surface area (Å²) in [5.74, 6) is 0. The van der Waals surface area contributed by atoms with Gasteiger partial charge in [0.1, 0.15) is 0 Å². The molecule has 0 atom stereocenters. The Labute approximate surface area is 129 Å². The van der Waals surface area contributed by atoms with Crippen molar-refractivity contribution in [3.05, 3.63) is 0 Å². The third-order valence-corrected chi connectivity index (χ3v) is 5.47. The molecule has 0 aliphatic rings. The predicted molar refractivity (Wildman–Crippen MR) is 81.0 cm³/mol. The van der Waals surface area contributed by atoms with Crippen LogP contribution >= 0.6 is 22.8 Å². The highest BCUT2D eigenvalue weighted by Crippen LogP contribution is 2.36. The molecule has 0 aromatic carbocycles. The first-order chi connectivity index (χ1) is 9.79. The van der Waals surface area contributed by atoms with E-state index >= 15 is 0 Å². The van der Waals surface area contributed by atoms with Gasteiger partial charge in [-0.1, -0.05) is 0 Å². The average molecular weight is 383 g/mol. The van der Waals surface area contributed by atoms with E-state index < -0.39 is 22.8 Å². The average Bonchev–Trinajstić information content (AvgIpc) is 2.23. The van der Waals surface area contributed by atoms with Gasteiger partial charge in [0.05, 0.1) is 18.5 Å². The molecule has 0 radical (unpaired) electrons. The van der Waals surface area contributed by atoms with Crippen LogP contribution in [-0.4, -0.2) is 72.4 Å². The molecular weight excluding hydrogens is 359 g/mol. The lowest BCUT2D eigenvalue weighted by Gasteiger charge is -2.22. The van der Waals surface area contributed by atoms with Crippen LogP contribution in [0.3, 0.4) is 0 Å². The second-order valence-corrected chi connectivity index (χ2v) is 10.4. The van der Waals surface area contributed by atoms with E-state index in [2.05, 4.69) is 0 Å². The molecule has 0 fully saturated rings. The molecule has 0 aliphatic carbocycles. The standard InChI is InChI=1S/C9H24NO9P3/c11-20(12,13)7-1-4-10(5-2-8-21(14,15)16)6-3-9-22(17,18)19/h1-9H2,(H2,11,12,13)(H2,14,15,16)(H2,17,18,19). The summed E-state index contributed by atoms with van der Waals surface area (Å²) >= 11 is 0. The summed E-state index contributed by atoms with van der Waals surface area (Å²) < 4.78 is 32.3. The Balaban J connectivity index is 4.27. The van der Waals surface area contributed by atoms with Crippen molar-refractivity contribution in [3.63, 3.8) is 0 Å². The molecule has 0 aromatic rings. The smallest absolute Gasteiger partial charge is 0.324 e. The van der Waals surface area contributed by atoms with Crippen molar-refractivity contribution in [1.82, 2.24) is 4.90 Å². The largest absolute Gasteiger partial charge is 0.325 e. The second kappa shape index (κ2) is 9.64. The first-order valence-corrected chi connectivity index (χ1v) is 12.0. The topological polar surface area (TPSA) is 176 Å². The molecule has 0 aliphatic heterocycles. The molecule has 0 saturated carbocycles. The summed E-state index contributed by atoms with van der Waals surface area (Å²) in [6.07, 6.45) is -0.343. The maximum absolute atomic E-state index is 10.8. The fourth-order valence-electron chi connectivity index (χ4n) is 1.84. The van der Waals surface area contributed by atoms with E-state index in [0.29, 0.717) is 0 Å². The molecular formula is C9H24NO9P3. The predicted octanol–water partition coefficient (Wildman–Crippen LogP) is -0.00820. The first kappa shape index (κ1) is 22.4.